The van der Waals surface area contributed by atoms with Gasteiger partial charge in [-0.3, -0.25) is 0 Å². The second-order valence-corrected chi connectivity index (χ2v) is 2.82. The Balaban J connectivity index is 3.00. The quantitative estimate of drug-likeness (QED) is 0.703. The molecule has 0 radical (unpaired) electrons. The van der Waals surface area contributed by atoms with Crippen LogP contribution in [0.5, 0.6) is 0 Å². The number of rotatable bonds is 2. The summed E-state index contributed by atoms with van der Waals surface area (Å²) in [4.78, 5) is 14.7. The molecule has 1 atom stereocenters. The van der Waals surface area contributed by atoms with Gasteiger partial charge in [-0.2, -0.15) is 0 Å². The van der Waals surface area contributed by atoms with Gasteiger partial charge in [-0.25, -0.2) is 9.78 Å². The number of aryl methyl sites for hydroxylation is 1. The van der Waals surface area contributed by atoms with Crippen molar-refractivity contribution in [1.82, 2.24) is 9.55 Å². The summed E-state index contributed by atoms with van der Waals surface area (Å²) < 4.78 is 5.82. The summed E-state index contributed by atoms with van der Waals surface area (Å²) in [6.45, 7) is 0. The van der Waals surface area contributed by atoms with Gasteiger partial charge in [-0.05, 0) is 0 Å². The fourth-order valence-electron chi connectivity index (χ4n) is 0.940. The van der Waals surface area contributed by atoms with Gasteiger partial charge >= 0.3 is 5.97 Å². The van der Waals surface area contributed by atoms with E-state index in [0.717, 1.165) is 0 Å². The number of aliphatic hydroxyl groups excluding tert-OH is 1. The van der Waals surface area contributed by atoms with Crippen molar-refractivity contribution in [3.8, 4) is 0 Å². The number of aromatic nitrogens is 2. The Hall–Kier alpha value is -1.07. The first kappa shape index (κ1) is 10.0. The number of hydrogen-bond donors (Lipinski definition) is 1. The van der Waals surface area contributed by atoms with Crippen LogP contribution in [0.25, 0.3) is 0 Å². The normalized spacial score (nSPS) is 12.6. The van der Waals surface area contributed by atoms with Gasteiger partial charge in [0.25, 0.3) is 0 Å². The fraction of sp³-hybridized carbons (Fsp3) is 0.429. The first-order valence-electron chi connectivity index (χ1n) is 3.50. The van der Waals surface area contributed by atoms with Crippen molar-refractivity contribution >= 4 is 17.6 Å². The minimum absolute atomic E-state index is 0.0976. The van der Waals surface area contributed by atoms with Crippen LogP contribution in [0, 0.1) is 0 Å². The van der Waals surface area contributed by atoms with Crippen molar-refractivity contribution in [2.45, 2.75) is 6.10 Å². The van der Waals surface area contributed by atoms with E-state index in [0.29, 0.717) is 0 Å². The van der Waals surface area contributed by atoms with Crippen molar-refractivity contribution in [3.63, 3.8) is 0 Å². The van der Waals surface area contributed by atoms with Crippen molar-refractivity contribution in [2.75, 3.05) is 7.11 Å². The molecule has 0 bridgehead atoms. The summed E-state index contributed by atoms with van der Waals surface area (Å²) >= 11 is 5.64. The van der Waals surface area contributed by atoms with Gasteiger partial charge in [0.2, 0.25) is 0 Å². The van der Waals surface area contributed by atoms with Crippen LogP contribution >= 0.6 is 11.6 Å². The first-order valence-corrected chi connectivity index (χ1v) is 3.88. The molecule has 1 N–H and O–H groups in total. The van der Waals surface area contributed by atoms with Crippen molar-refractivity contribution in [1.29, 1.82) is 0 Å². The zero-order valence-corrected chi connectivity index (χ0v) is 7.95. The number of carbonyl (C=O) groups is 1. The summed E-state index contributed by atoms with van der Waals surface area (Å²) in [6, 6.07) is 0. The van der Waals surface area contributed by atoms with E-state index in [1.54, 1.807) is 7.05 Å². The number of esters is 1. The fourth-order valence-corrected chi connectivity index (χ4v) is 1.22. The molecule has 1 heterocycles. The summed E-state index contributed by atoms with van der Waals surface area (Å²) in [7, 11) is 2.82. The monoisotopic (exact) mass is 204 g/mol. The molecule has 1 rings (SSSR count). The zero-order valence-electron chi connectivity index (χ0n) is 7.19. The Bertz CT molecular complexity index is 304. The van der Waals surface area contributed by atoms with Gasteiger partial charge in [-0.15, -0.1) is 0 Å². The average molecular weight is 205 g/mol. The van der Waals surface area contributed by atoms with Gasteiger partial charge < -0.3 is 14.4 Å². The van der Waals surface area contributed by atoms with Crippen molar-refractivity contribution < 1.29 is 14.6 Å². The third-order valence-corrected chi connectivity index (χ3v) is 1.91. The maximum atomic E-state index is 10.9. The number of methoxy groups -OCH3 is 1. The smallest absolute Gasteiger partial charge is 0.341 e. The lowest BCUT2D eigenvalue weighted by Gasteiger charge is -2.08. The van der Waals surface area contributed by atoms with Crippen LogP contribution in [-0.2, 0) is 16.6 Å². The van der Waals surface area contributed by atoms with E-state index in [4.69, 9.17) is 11.6 Å². The predicted molar refractivity (Wildman–Crippen MR) is 45.2 cm³/mol. The molecule has 6 heteroatoms. The molecular weight excluding hydrogens is 196 g/mol. The van der Waals surface area contributed by atoms with E-state index in [2.05, 4.69) is 9.72 Å². The standard InChI is InChI=1S/C7H9ClN2O3/c1-10-3-9-6(8)4(10)5(11)7(12)13-2/h3,5,11H,1-2H3. The average Bonchev–Trinajstić information content (AvgIpc) is 2.44. The summed E-state index contributed by atoms with van der Waals surface area (Å²) in [5.74, 6) is -0.759. The Morgan fingerprint density at radius 2 is 2.46 bits per heavy atom. The number of nitrogens with zero attached hydrogens (tertiary/aromatic N) is 2. The minimum atomic E-state index is -1.38. The predicted octanol–water partition coefficient (Wildman–Crippen LogP) is 0.280. The molecule has 0 amide bonds. The molecular formula is C7H9ClN2O3. The lowest BCUT2D eigenvalue weighted by atomic mass is 10.3. The highest BCUT2D eigenvalue weighted by Gasteiger charge is 2.24. The maximum absolute atomic E-state index is 10.9. The van der Waals surface area contributed by atoms with Gasteiger partial charge in [0.15, 0.2) is 11.3 Å². The van der Waals surface area contributed by atoms with Crippen LogP contribution in [0.1, 0.15) is 11.8 Å². The molecule has 1 unspecified atom stereocenters. The lowest BCUT2D eigenvalue weighted by Crippen LogP contribution is -2.16. The summed E-state index contributed by atoms with van der Waals surface area (Å²) in [5, 5.41) is 9.52. The molecule has 0 fully saturated rings. The number of carbonyl (C=O) groups excluding carboxylic acids is 1. The highest BCUT2D eigenvalue weighted by Crippen LogP contribution is 2.21. The molecule has 1 aromatic rings. The highest BCUT2D eigenvalue weighted by atomic mass is 35.5. The van der Waals surface area contributed by atoms with Gasteiger partial charge in [-0.1, -0.05) is 11.6 Å². The zero-order chi connectivity index (χ0) is 10.0. The third kappa shape index (κ3) is 1.81. The molecule has 0 saturated heterocycles. The SMILES string of the molecule is COC(=O)C(O)c1c(Cl)ncn1C. The van der Waals surface area contributed by atoms with Crippen LogP contribution in [-0.4, -0.2) is 27.7 Å². The van der Waals surface area contributed by atoms with Crippen LogP contribution in [0.4, 0.5) is 0 Å². The largest absolute Gasteiger partial charge is 0.467 e. The van der Waals surface area contributed by atoms with Crippen LogP contribution in [0.3, 0.4) is 0 Å². The molecule has 0 aliphatic heterocycles. The Labute approximate surface area is 79.9 Å². The molecule has 0 saturated carbocycles. The summed E-state index contributed by atoms with van der Waals surface area (Å²) in [6.07, 6.45) is 0.0223. The van der Waals surface area contributed by atoms with E-state index in [1.807, 2.05) is 0 Å². The topological polar surface area (TPSA) is 64.3 Å². The van der Waals surface area contributed by atoms with Crippen LogP contribution < -0.4 is 0 Å². The van der Waals surface area contributed by atoms with Gasteiger partial charge in [0.1, 0.15) is 0 Å². The molecule has 0 spiro atoms. The number of hydrogen-bond acceptors (Lipinski definition) is 4. The summed E-state index contributed by atoms with van der Waals surface area (Å²) in [5.41, 5.74) is 0.230. The van der Waals surface area contributed by atoms with Crippen molar-refractivity contribution in [3.05, 3.63) is 17.2 Å². The van der Waals surface area contributed by atoms with E-state index in [1.165, 1.54) is 18.0 Å². The number of imidazole rings is 1. The Morgan fingerprint density at radius 3 is 2.85 bits per heavy atom. The minimum Gasteiger partial charge on any atom is -0.467 e. The Morgan fingerprint density at radius 1 is 1.85 bits per heavy atom. The molecule has 0 aliphatic rings. The second kappa shape index (κ2) is 3.76. The molecule has 13 heavy (non-hydrogen) atoms. The van der Waals surface area contributed by atoms with Crippen LogP contribution in [0.2, 0.25) is 5.15 Å². The number of halogens is 1. The molecule has 0 aromatic carbocycles. The molecule has 1 aromatic heterocycles. The lowest BCUT2D eigenvalue weighted by molar-refractivity contribution is -0.151. The van der Waals surface area contributed by atoms with Crippen LogP contribution in [0.15, 0.2) is 6.33 Å². The third-order valence-electron chi connectivity index (χ3n) is 1.62. The van der Waals surface area contributed by atoms with Gasteiger partial charge in [0, 0.05) is 7.05 Å². The van der Waals surface area contributed by atoms with Crippen molar-refractivity contribution in [2.24, 2.45) is 7.05 Å². The number of aliphatic hydroxyl groups is 1. The maximum Gasteiger partial charge on any atom is 0.341 e. The molecule has 5 nitrogen and oxygen atoms in total. The van der Waals surface area contributed by atoms with Gasteiger partial charge in [0.05, 0.1) is 19.1 Å². The van der Waals surface area contributed by atoms with E-state index in [-0.39, 0.29) is 10.8 Å². The Kier molecular flexibility index (Phi) is 2.90. The number of ether oxygens (including phenoxy) is 1. The van der Waals surface area contributed by atoms with E-state index in [9.17, 15) is 9.90 Å². The van der Waals surface area contributed by atoms with E-state index < -0.39 is 12.1 Å². The molecule has 0 aliphatic carbocycles. The highest BCUT2D eigenvalue weighted by molar-refractivity contribution is 6.30. The van der Waals surface area contributed by atoms with E-state index >= 15 is 0 Å². The second-order valence-electron chi connectivity index (χ2n) is 2.46. The first-order chi connectivity index (χ1) is 6.07. The molecule has 72 valence electrons.